The molecule has 1 atom stereocenters. The maximum absolute atomic E-state index is 13.0. The summed E-state index contributed by atoms with van der Waals surface area (Å²) in [5, 5.41) is 12.4. The molecule has 160 valence electrons. The Kier molecular flexibility index (Phi) is 6.61. The van der Waals surface area contributed by atoms with E-state index in [-0.39, 0.29) is 23.0 Å². The predicted molar refractivity (Wildman–Crippen MR) is 119 cm³/mol. The summed E-state index contributed by atoms with van der Waals surface area (Å²) >= 11 is 6.08. The van der Waals surface area contributed by atoms with Crippen molar-refractivity contribution < 1.29 is 19.4 Å². The van der Waals surface area contributed by atoms with Gasteiger partial charge in [0.1, 0.15) is 11.3 Å². The van der Waals surface area contributed by atoms with Crippen molar-refractivity contribution in [1.82, 2.24) is 10.3 Å². The molecule has 2 N–H and O–H groups in total. The second-order valence-electron chi connectivity index (χ2n) is 7.51. The summed E-state index contributed by atoms with van der Waals surface area (Å²) in [6, 6.07) is 11.8. The van der Waals surface area contributed by atoms with Gasteiger partial charge in [-0.2, -0.15) is 0 Å². The van der Waals surface area contributed by atoms with Crippen LogP contribution in [0.15, 0.2) is 48.7 Å². The van der Waals surface area contributed by atoms with E-state index in [0.717, 1.165) is 16.7 Å². The topological polar surface area (TPSA) is 88.5 Å². The number of hydrogen-bond donors (Lipinski definition) is 2. The molecule has 0 aliphatic carbocycles. The number of aromatic carboxylic acids is 1. The van der Waals surface area contributed by atoms with Crippen molar-refractivity contribution in [2.45, 2.75) is 33.7 Å². The number of nitrogens with zero attached hydrogens (tertiary/aromatic N) is 1. The molecule has 0 spiro atoms. The number of pyridine rings is 1. The van der Waals surface area contributed by atoms with E-state index >= 15 is 0 Å². The molecule has 3 rings (SSSR count). The number of carboxylic acids is 1. The van der Waals surface area contributed by atoms with Gasteiger partial charge in [0, 0.05) is 6.20 Å². The lowest BCUT2D eigenvalue weighted by atomic mass is 10.0. The maximum Gasteiger partial charge on any atom is 0.335 e. The van der Waals surface area contributed by atoms with Crippen LogP contribution in [0.3, 0.4) is 0 Å². The van der Waals surface area contributed by atoms with Crippen molar-refractivity contribution in [2.75, 3.05) is 0 Å². The Balaban J connectivity index is 1.85. The van der Waals surface area contributed by atoms with Gasteiger partial charge in [-0.25, -0.2) is 9.78 Å². The average Bonchev–Trinajstić information content (AvgIpc) is 2.68. The first-order valence-electron chi connectivity index (χ1n) is 9.70. The molecule has 1 aromatic heterocycles. The largest absolute Gasteiger partial charge is 0.478 e. The molecule has 0 aliphatic heterocycles. The number of halogens is 1. The van der Waals surface area contributed by atoms with Gasteiger partial charge in [-0.15, -0.1) is 0 Å². The summed E-state index contributed by atoms with van der Waals surface area (Å²) in [5.41, 5.74) is 3.90. The molecule has 0 unspecified atom stereocenters. The van der Waals surface area contributed by atoms with Crippen LogP contribution >= 0.6 is 11.6 Å². The smallest absolute Gasteiger partial charge is 0.335 e. The molecule has 2 aromatic carbocycles. The molecule has 0 fully saturated rings. The van der Waals surface area contributed by atoms with E-state index in [1.165, 1.54) is 18.3 Å². The van der Waals surface area contributed by atoms with Crippen molar-refractivity contribution in [2.24, 2.45) is 0 Å². The number of benzene rings is 2. The van der Waals surface area contributed by atoms with Crippen LogP contribution in [-0.4, -0.2) is 22.0 Å². The molecule has 0 bridgehead atoms. The molecule has 6 nitrogen and oxygen atoms in total. The Morgan fingerprint density at radius 2 is 1.71 bits per heavy atom. The third kappa shape index (κ3) is 5.41. The SMILES string of the molecule is Cc1cc(C)cc(Oc2ncc(Cl)cc2C(=O)N[C@@H](C)c2ccc(C(=O)O)c(C)c2)c1. The minimum absolute atomic E-state index is 0.150. The molecule has 1 amide bonds. The van der Waals surface area contributed by atoms with Crippen molar-refractivity contribution in [3.05, 3.63) is 87.1 Å². The van der Waals surface area contributed by atoms with E-state index in [4.69, 9.17) is 16.3 Å². The molecule has 0 saturated heterocycles. The zero-order chi connectivity index (χ0) is 22.7. The fraction of sp³-hybridized carbons (Fsp3) is 0.208. The number of nitrogens with one attached hydrogen (secondary N) is 1. The Labute approximate surface area is 185 Å². The lowest BCUT2D eigenvalue weighted by Crippen LogP contribution is -2.27. The van der Waals surface area contributed by atoms with Gasteiger partial charge in [0.15, 0.2) is 0 Å². The lowest BCUT2D eigenvalue weighted by Gasteiger charge is -2.17. The van der Waals surface area contributed by atoms with Gasteiger partial charge in [-0.05, 0) is 74.2 Å². The minimum atomic E-state index is -0.987. The van der Waals surface area contributed by atoms with Crippen LogP contribution in [-0.2, 0) is 0 Å². The van der Waals surface area contributed by atoms with Crippen molar-refractivity contribution >= 4 is 23.5 Å². The Morgan fingerprint density at radius 1 is 1.03 bits per heavy atom. The van der Waals surface area contributed by atoms with Crippen LogP contribution in [0.2, 0.25) is 5.02 Å². The second-order valence-corrected chi connectivity index (χ2v) is 7.94. The standard InChI is InChI=1S/C24H23ClN2O4/c1-13-7-14(2)9-19(8-13)31-23-21(11-18(25)12-26-23)22(28)27-16(4)17-5-6-20(24(29)30)15(3)10-17/h5-12,16H,1-4H3,(H,27,28)(H,29,30)/t16-/m0/s1. The number of carboxylic acid groups (broad SMARTS) is 1. The first kappa shape index (κ1) is 22.3. The molecule has 1 heterocycles. The molecular formula is C24H23ClN2O4. The lowest BCUT2D eigenvalue weighted by molar-refractivity contribution is 0.0695. The molecule has 0 radical (unpaired) electrons. The van der Waals surface area contributed by atoms with Crippen LogP contribution < -0.4 is 10.1 Å². The maximum atomic E-state index is 13.0. The van der Waals surface area contributed by atoms with Crippen molar-refractivity contribution in [3.8, 4) is 11.6 Å². The highest BCUT2D eigenvalue weighted by atomic mass is 35.5. The minimum Gasteiger partial charge on any atom is -0.478 e. The summed E-state index contributed by atoms with van der Waals surface area (Å²) in [7, 11) is 0. The van der Waals surface area contributed by atoms with Crippen molar-refractivity contribution in [1.29, 1.82) is 0 Å². The van der Waals surface area contributed by atoms with Gasteiger partial charge in [0.2, 0.25) is 5.88 Å². The number of aromatic nitrogens is 1. The summed E-state index contributed by atoms with van der Waals surface area (Å²) in [6.45, 7) is 7.46. The molecule has 3 aromatic rings. The van der Waals surface area contributed by atoms with E-state index in [1.54, 1.807) is 19.1 Å². The van der Waals surface area contributed by atoms with Crippen LogP contribution in [0.5, 0.6) is 11.6 Å². The molecule has 7 heteroatoms. The van der Waals surface area contributed by atoms with Gasteiger partial charge in [0.05, 0.1) is 16.6 Å². The highest BCUT2D eigenvalue weighted by Crippen LogP contribution is 2.28. The zero-order valence-electron chi connectivity index (χ0n) is 17.7. The van der Waals surface area contributed by atoms with Crippen LogP contribution in [0.25, 0.3) is 0 Å². The Hall–Kier alpha value is -3.38. The Morgan fingerprint density at radius 3 is 2.32 bits per heavy atom. The fourth-order valence-corrected chi connectivity index (χ4v) is 3.49. The van der Waals surface area contributed by atoms with E-state index < -0.39 is 11.9 Å². The van der Waals surface area contributed by atoms with Gasteiger partial charge < -0.3 is 15.2 Å². The van der Waals surface area contributed by atoms with E-state index in [0.29, 0.717) is 16.3 Å². The molecular weight excluding hydrogens is 416 g/mol. The van der Waals surface area contributed by atoms with Gasteiger partial charge in [-0.1, -0.05) is 29.8 Å². The van der Waals surface area contributed by atoms with Gasteiger partial charge in [-0.3, -0.25) is 4.79 Å². The number of rotatable bonds is 6. The summed E-state index contributed by atoms with van der Waals surface area (Å²) in [5.74, 6) is -0.661. The van der Waals surface area contributed by atoms with Crippen LogP contribution in [0.1, 0.15) is 55.9 Å². The monoisotopic (exact) mass is 438 g/mol. The van der Waals surface area contributed by atoms with E-state index in [2.05, 4.69) is 10.3 Å². The number of carbonyl (C=O) groups excluding carboxylic acids is 1. The average molecular weight is 439 g/mol. The summed E-state index contributed by atoms with van der Waals surface area (Å²) in [4.78, 5) is 28.4. The van der Waals surface area contributed by atoms with Gasteiger partial charge in [0.25, 0.3) is 5.91 Å². The number of amides is 1. The highest BCUT2D eigenvalue weighted by Gasteiger charge is 2.19. The highest BCUT2D eigenvalue weighted by molar-refractivity contribution is 6.30. The molecule has 0 saturated carbocycles. The van der Waals surface area contributed by atoms with Crippen LogP contribution in [0, 0.1) is 20.8 Å². The van der Waals surface area contributed by atoms with Crippen LogP contribution in [0.4, 0.5) is 0 Å². The molecule has 31 heavy (non-hydrogen) atoms. The van der Waals surface area contributed by atoms with E-state index in [1.807, 2.05) is 39.0 Å². The third-order valence-corrected chi connectivity index (χ3v) is 5.01. The number of carbonyl (C=O) groups is 2. The number of aryl methyl sites for hydroxylation is 3. The molecule has 0 aliphatic rings. The van der Waals surface area contributed by atoms with E-state index in [9.17, 15) is 14.7 Å². The normalized spacial score (nSPS) is 11.6. The first-order chi connectivity index (χ1) is 14.6. The van der Waals surface area contributed by atoms with Gasteiger partial charge >= 0.3 is 5.97 Å². The Bertz CT molecular complexity index is 1140. The fourth-order valence-electron chi connectivity index (χ4n) is 3.33. The quantitative estimate of drug-likeness (QED) is 0.519. The summed E-state index contributed by atoms with van der Waals surface area (Å²) < 4.78 is 5.90. The van der Waals surface area contributed by atoms with Crippen molar-refractivity contribution in [3.63, 3.8) is 0 Å². The second kappa shape index (κ2) is 9.18. The number of hydrogen-bond acceptors (Lipinski definition) is 4. The number of ether oxygens (including phenoxy) is 1. The predicted octanol–water partition coefficient (Wildman–Crippen LogP) is 5.64. The zero-order valence-corrected chi connectivity index (χ0v) is 18.4. The third-order valence-electron chi connectivity index (χ3n) is 4.80. The first-order valence-corrected chi connectivity index (χ1v) is 10.1. The summed E-state index contributed by atoms with van der Waals surface area (Å²) in [6.07, 6.45) is 1.42.